The van der Waals surface area contributed by atoms with E-state index in [1.54, 1.807) is 0 Å². The van der Waals surface area contributed by atoms with Crippen molar-refractivity contribution in [1.29, 1.82) is 0 Å². The highest BCUT2D eigenvalue weighted by atomic mass is 16.5. The molecule has 0 heterocycles. The molecular formula is C36H48N2O4. The second kappa shape index (κ2) is 19.3. The standard InChI is InChI=1S/C36H48N2O4/c1-3-5-7-9-11-25-41-35(39)31-17-21-33(22-18-31)37-27-29-13-15-30(16-14-29)28-38-34-23-19-32(20-24-34)36(40)42-26-12-10-8-6-4-2/h13-24,37-38H,3-12,25-28H2,1-2H3. The zero-order valence-corrected chi connectivity index (χ0v) is 25.5. The second-order valence-corrected chi connectivity index (χ2v) is 10.8. The summed E-state index contributed by atoms with van der Waals surface area (Å²) in [5, 5.41) is 6.82. The van der Waals surface area contributed by atoms with Crippen LogP contribution in [-0.4, -0.2) is 25.2 Å². The molecule has 0 aliphatic rings. The quantitative estimate of drug-likeness (QED) is 0.104. The lowest BCUT2D eigenvalue weighted by molar-refractivity contribution is 0.0488. The summed E-state index contributed by atoms with van der Waals surface area (Å²) in [4.78, 5) is 24.5. The Hall–Kier alpha value is -3.80. The number of carbonyl (C=O) groups is 2. The Kier molecular flexibility index (Phi) is 15.1. The number of rotatable bonds is 20. The molecule has 0 aliphatic heterocycles. The molecular weight excluding hydrogens is 524 g/mol. The molecule has 0 radical (unpaired) electrons. The van der Waals surface area contributed by atoms with Crippen molar-refractivity contribution in [3.8, 4) is 0 Å². The summed E-state index contributed by atoms with van der Waals surface area (Å²) in [6.45, 7) is 6.72. The molecule has 3 rings (SSSR count). The van der Waals surface area contributed by atoms with Gasteiger partial charge in [0.2, 0.25) is 0 Å². The summed E-state index contributed by atoms with van der Waals surface area (Å²) in [5.41, 5.74) is 5.40. The number of anilines is 2. The molecule has 0 amide bonds. The van der Waals surface area contributed by atoms with Gasteiger partial charge in [-0.2, -0.15) is 0 Å². The lowest BCUT2D eigenvalue weighted by atomic mass is 10.1. The van der Waals surface area contributed by atoms with Gasteiger partial charge in [0.15, 0.2) is 0 Å². The lowest BCUT2D eigenvalue weighted by Gasteiger charge is -2.10. The zero-order valence-electron chi connectivity index (χ0n) is 25.5. The maximum Gasteiger partial charge on any atom is 0.338 e. The average Bonchev–Trinajstić information content (AvgIpc) is 3.03. The van der Waals surface area contributed by atoms with Gasteiger partial charge in [0, 0.05) is 24.5 Å². The van der Waals surface area contributed by atoms with E-state index in [4.69, 9.17) is 9.47 Å². The van der Waals surface area contributed by atoms with Gasteiger partial charge in [0.05, 0.1) is 24.3 Å². The minimum absolute atomic E-state index is 0.261. The first kappa shape index (κ1) is 32.7. The van der Waals surface area contributed by atoms with Crippen LogP contribution in [0.3, 0.4) is 0 Å². The molecule has 0 spiro atoms. The Morgan fingerprint density at radius 1 is 0.500 bits per heavy atom. The van der Waals surface area contributed by atoms with Crippen LogP contribution < -0.4 is 10.6 Å². The van der Waals surface area contributed by atoms with Gasteiger partial charge in [0.1, 0.15) is 0 Å². The minimum atomic E-state index is -0.261. The number of hydrogen-bond acceptors (Lipinski definition) is 6. The van der Waals surface area contributed by atoms with Gasteiger partial charge in [-0.3, -0.25) is 0 Å². The molecule has 0 unspecified atom stereocenters. The van der Waals surface area contributed by atoms with Crippen LogP contribution in [0.5, 0.6) is 0 Å². The summed E-state index contributed by atoms with van der Waals surface area (Å²) in [6.07, 6.45) is 11.3. The average molecular weight is 573 g/mol. The number of nitrogens with one attached hydrogen (secondary N) is 2. The number of carbonyl (C=O) groups excluding carboxylic acids is 2. The van der Waals surface area contributed by atoms with Crippen molar-refractivity contribution in [1.82, 2.24) is 0 Å². The van der Waals surface area contributed by atoms with Crippen LogP contribution >= 0.6 is 0 Å². The van der Waals surface area contributed by atoms with Gasteiger partial charge in [-0.1, -0.05) is 89.5 Å². The summed E-state index contributed by atoms with van der Waals surface area (Å²) >= 11 is 0. The summed E-state index contributed by atoms with van der Waals surface area (Å²) in [5.74, 6) is -0.522. The highest BCUT2D eigenvalue weighted by Gasteiger charge is 2.08. The molecule has 3 aromatic carbocycles. The maximum atomic E-state index is 12.2. The Bertz CT molecular complexity index is 1080. The molecule has 0 fully saturated rings. The van der Waals surface area contributed by atoms with Gasteiger partial charge in [0.25, 0.3) is 0 Å². The van der Waals surface area contributed by atoms with Crippen LogP contribution in [-0.2, 0) is 22.6 Å². The van der Waals surface area contributed by atoms with E-state index in [9.17, 15) is 9.59 Å². The molecule has 6 nitrogen and oxygen atoms in total. The summed E-state index contributed by atoms with van der Waals surface area (Å²) < 4.78 is 10.8. The fourth-order valence-electron chi connectivity index (χ4n) is 4.54. The summed E-state index contributed by atoms with van der Waals surface area (Å²) in [7, 11) is 0. The van der Waals surface area contributed by atoms with Crippen molar-refractivity contribution in [2.45, 2.75) is 91.1 Å². The van der Waals surface area contributed by atoms with Crippen LogP contribution in [0.25, 0.3) is 0 Å². The predicted octanol–water partition coefficient (Wildman–Crippen LogP) is 9.17. The molecule has 0 saturated carbocycles. The van der Waals surface area contributed by atoms with Crippen LogP contribution in [0.15, 0.2) is 72.8 Å². The van der Waals surface area contributed by atoms with Gasteiger partial charge in [-0.15, -0.1) is 0 Å². The molecule has 6 heteroatoms. The van der Waals surface area contributed by atoms with E-state index < -0.39 is 0 Å². The van der Waals surface area contributed by atoms with E-state index in [0.29, 0.717) is 37.4 Å². The lowest BCUT2D eigenvalue weighted by Crippen LogP contribution is -2.07. The zero-order chi connectivity index (χ0) is 29.8. The molecule has 0 aliphatic carbocycles. The van der Waals surface area contributed by atoms with E-state index in [1.807, 2.05) is 48.5 Å². The number of unbranched alkanes of at least 4 members (excludes halogenated alkanes) is 8. The van der Waals surface area contributed by atoms with Crippen LogP contribution in [0.4, 0.5) is 11.4 Å². The van der Waals surface area contributed by atoms with E-state index in [2.05, 4.69) is 48.7 Å². The van der Waals surface area contributed by atoms with Gasteiger partial charge < -0.3 is 20.1 Å². The van der Waals surface area contributed by atoms with Crippen molar-refractivity contribution in [3.05, 3.63) is 95.1 Å². The van der Waals surface area contributed by atoms with Crippen molar-refractivity contribution in [2.24, 2.45) is 0 Å². The fraction of sp³-hybridized carbons (Fsp3) is 0.444. The van der Waals surface area contributed by atoms with Crippen LogP contribution in [0, 0.1) is 0 Å². The highest BCUT2D eigenvalue weighted by Crippen LogP contribution is 2.16. The van der Waals surface area contributed by atoms with E-state index in [1.165, 1.54) is 49.7 Å². The Labute approximate surface area is 252 Å². The van der Waals surface area contributed by atoms with E-state index in [0.717, 1.165) is 37.1 Å². The molecule has 0 bridgehead atoms. The monoisotopic (exact) mass is 572 g/mol. The molecule has 42 heavy (non-hydrogen) atoms. The molecule has 226 valence electrons. The third-order valence-corrected chi connectivity index (χ3v) is 7.22. The fourth-order valence-corrected chi connectivity index (χ4v) is 4.54. The Morgan fingerprint density at radius 2 is 0.857 bits per heavy atom. The van der Waals surface area contributed by atoms with Crippen molar-refractivity contribution in [2.75, 3.05) is 23.8 Å². The smallest absolute Gasteiger partial charge is 0.338 e. The van der Waals surface area contributed by atoms with Crippen LogP contribution in [0.2, 0.25) is 0 Å². The third kappa shape index (κ3) is 12.4. The van der Waals surface area contributed by atoms with Gasteiger partial charge in [-0.05, 0) is 72.5 Å². The van der Waals surface area contributed by atoms with Gasteiger partial charge >= 0.3 is 11.9 Å². The summed E-state index contributed by atoms with van der Waals surface area (Å²) in [6, 6.07) is 23.3. The van der Waals surface area contributed by atoms with E-state index >= 15 is 0 Å². The molecule has 0 saturated heterocycles. The SMILES string of the molecule is CCCCCCCOC(=O)c1ccc(NCc2ccc(CNc3ccc(C(=O)OCCCCCCC)cc3)cc2)cc1. The molecule has 3 aromatic rings. The first-order valence-electron chi connectivity index (χ1n) is 15.7. The number of hydrogen-bond donors (Lipinski definition) is 2. The Morgan fingerprint density at radius 3 is 1.21 bits per heavy atom. The first-order valence-corrected chi connectivity index (χ1v) is 15.7. The number of esters is 2. The maximum absolute atomic E-state index is 12.2. The number of benzene rings is 3. The van der Waals surface area contributed by atoms with Crippen LogP contribution in [0.1, 0.15) is 110 Å². The largest absolute Gasteiger partial charge is 0.462 e. The number of ether oxygens (including phenoxy) is 2. The second-order valence-electron chi connectivity index (χ2n) is 10.8. The minimum Gasteiger partial charge on any atom is -0.462 e. The van der Waals surface area contributed by atoms with Crippen molar-refractivity contribution in [3.63, 3.8) is 0 Å². The Balaban J connectivity index is 1.34. The molecule has 0 atom stereocenters. The highest BCUT2D eigenvalue weighted by molar-refractivity contribution is 5.90. The first-order chi connectivity index (χ1) is 20.6. The normalized spacial score (nSPS) is 10.7. The molecule has 2 N–H and O–H groups in total. The predicted molar refractivity (Wildman–Crippen MR) is 172 cm³/mol. The molecule has 0 aromatic heterocycles. The topological polar surface area (TPSA) is 76.7 Å². The van der Waals surface area contributed by atoms with Crippen molar-refractivity contribution < 1.29 is 19.1 Å². The van der Waals surface area contributed by atoms with Crippen molar-refractivity contribution >= 4 is 23.3 Å². The third-order valence-electron chi connectivity index (χ3n) is 7.22. The van der Waals surface area contributed by atoms with E-state index in [-0.39, 0.29) is 11.9 Å². The van der Waals surface area contributed by atoms with Gasteiger partial charge in [-0.25, -0.2) is 9.59 Å².